The van der Waals surface area contributed by atoms with E-state index in [-0.39, 0.29) is 18.1 Å². The van der Waals surface area contributed by atoms with Crippen LogP contribution in [0.25, 0.3) is 0 Å². The maximum Gasteiger partial charge on any atom is 0.272 e. The molecule has 0 aliphatic rings. The van der Waals surface area contributed by atoms with Gasteiger partial charge in [-0.15, -0.1) is 10.2 Å². The third-order valence-electron chi connectivity index (χ3n) is 4.19. The van der Waals surface area contributed by atoms with Crippen molar-refractivity contribution in [3.8, 4) is 5.75 Å². The first-order valence-electron chi connectivity index (χ1n) is 8.88. The molecule has 2 N–H and O–H groups in total. The molecule has 0 saturated carbocycles. The van der Waals surface area contributed by atoms with Gasteiger partial charge in [0.05, 0.1) is 7.11 Å². The van der Waals surface area contributed by atoms with Gasteiger partial charge in [0.15, 0.2) is 5.69 Å². The van der Waals surface area contributed by atoms with Gasteiger partial charge >= 0.3 is 0 Å². The topological polar surface area (TPSA) is 76.1 Å². The van der Waals surface area contributed by atoms with E-state index in [4.69, 9.17) is 4.74 Å². The lowest BCUT2D eigenvalue weighted by atomic mass is 10.1. The third-order valence-corrected chi connectivity index (χ3v) is 4.19. The summed E-state index contributed by atoms with van der Waals surface area (Å²) in [5.41, 5.74) is 1.68. The lowest BCUT2D eigenvalue weighted by Crippen LogP contribution is -2.24. The van der Waals surface area contributed by atoms with Gasteiger partial charge in [0.1, 0.15) is 17.4 Å². The van der Waals surface area contributed by atoms with Crippen LogP contribution in [0.5, 0.6) is 5.75 Å². The fraction of sp³-hybridized carbons (Fsp3) is 0.190. The molecule has 1 aromatic heterocycles. The van der Waals surface area contributed by atoms with Crippen molar-refractivity contribution >= 4 is 11.7 Å². The monoisotopic (exact) mass is 380 g/mol. The van der Waals surface area contributed by atoms with Gasteiger partial charge in [-0.1, -0.05) is 36.4 Å². The summed E-state index contributed by atoms with van der Waals surface area (Å²) in [6, 6.07) is 17.4. The van der Waals surface area contributed by atoms with Crippen LogP contribution in [0.1, 0.15) is 21.6 Å². The molecular weight excluding hydrogens is 359 g/mol. The number of nitrogens with one attached hydrogen (secondary N) is 2. The predicted molar refractivity (Wildman–Crippen MR) is 105 cm³/mol. The lowest BCUT2D eigenvalue weighted by molar-refractivity contribution is 0.0944. The molecule has 0 bridgehead atoms. The molecule has 0 aliphatic heterocycles. The molecule has 2 aromatic carbocycles. The van der Waals surface area contributed by atoms with Gasteiger partial charge in [0.25, 0.3) is 5.91 Å². The van der Waals surface area contributed by atoms with E-state index >= 15 is 0 Å². The summed E-state index contributed by atoms with van der Waals surface area (Å²) in [4.78, 5) is 12.1. The van der Waals surface area contributed by atoms with Crippen LogP contribution < -0.4 is 15.4 Å². The van der Waals surface area contributed by atoms with Crippen LogP contribution in [0.15, 0.2) is 60.7 Å². The summed E-state index contributed by atoms with van der Waals surface area (Å²) in [7, 11) is 1.65. The number of para-hydroxylation sites is 1. The van der Waals surface area contributed by atoms with E-state index in [2.05, 4.69) is 20.8 Å². The van der Waals surface area contributed by atoms with E-state index in [0.29, 0.717) is 17.9 Å². The van der Waals surface area contributed by atoms with Gasteiger partial charge in [-0.2, -0.15) is 0 Å². The summed E-state index contributed by atoms with van der Waals surface area (Å²) >= 11 is 0. The first-order valence-corrected chi connectivity index (χ1v) is 8.88. The van der Waals surface area contributed by atoms with E-state index < -0.39 is 5.91 Å². The van der Waals surface area contributed by atoms with Crippen molar-refractivity contribution in [2.75, 3.05) is 19.0 Å². The zero-order valence-electron chi connectivity index (χ0n) is 15.5. The highest BCUT2D eigenvalue weighted by Crippen LogP contribution is 2.17. The van der Waals surface area contributed by atoms with E-state index in [1.54, 1.807) is 37.4 Å². The standard InChI is InChI=1S/C21H21FN4O2/c1-28-19-9-5-3-6-15(19)12-13-23-20-11-10-18(25-26-20)21(27)24-14-16-7-2-4-8-17(16)22/h2-11H,12-14H2,1H3,(H,23,26)(H,24,27). The second kappa shape index (κ2) is 9.45. The number of benzene rings is 2. The van der Waals surface area contributed by atoms with Crippen LogP contribution in [-0.4, -0.2) is 29.8 Å². The molecule has 1 amide bonds. The summed E-state index contributed by atoms with van der Waals surface area (Å²) in [6.45, 7) is 0.736. The second-order valence-electron chi connectivity index (χ2n) is 6.07. The molecule has 0 aliphatic carbocycles. The highest BCUT2D eigenvalue weighted by molar-refractivity contribution is 5.92. The van der Waals surface area contributed by atoms with E-state index in [1.807, 2.05) is 24.3 Å². The number of carbonyl (C=O) groups excluding carboxylic acids is 1. The number of rotatable bonds is 8. The number of halogens is 1. The Balaban J connectivity index is 1.50. The summed E-state index contributed by atoms with van der Waals surface area (Å²) < 4.78 is 18.9. The molecule has 0 spiro atoms. The van der Waals surface area contributed by atoms with Crippen molar-refractivity contribution in [1.29, 1.82) is 0 Å². The normalized spacial score (nSPS) is 10.4. The number of hydrogen-bond donors (Lipinski definition) is 2. The number of carbonyl (C=O) groups is 1. The molecule has 144 valence electrons. The molecule has 3 aromatic rings. The largest absolute Gasteiger partial charge is 0.496 e. The van der Waals surface area contributed by atoms with Gasteiger partial charge in [0.2, 0.25) is 0 Å². The minimum atomic E-state index is -0.406. The smallest absolute Gasteiger partial charge is 0.272 e. The van der Waals surface area contributed by atoms with Gasteiger partial charge in [0, 0.05) is 18.7 Å². The molecule has 0 fully saturated rings. The highest BCUT2D eigenvalue weighted by Gasteiger charge is 2.09. The predicted octanol–water partition coefficient (Wildman–Crippen LogP) is 3.21. The van der Waals surface area contributed by atoms with Crippen molar-refractivity contribution in [1.82, 2.24) is 15.5 Å². The zero-order chi connectivity index (χ0) is 19.8. The van der Waals surface area contributed by atoms with Crippen LogP contribution in [0.3, 0.4) is 0 Å². The van der Waals surface area contributed by atoms with Crippen molar-refractivity contribution < 1.29 is 13.9 Å². The number of ether oxygens (including phenoxy) is 1. The van der Waals surface area contributed by atoms with Crippen LogP contribution in [0.2, 0.25) is 0 Å². The quantitative estimate of drug-likeness (QED) is 0.628. The van der Waals surface area contributed by atoms with Crippen molar-refractivity contribution in [3.63, 3.8) is 0 Å². The number of amides is 1. The van der Waals surface area contributed by atoms with Crippen LogP contribution >= 0.6 is 0 Å². The first-order chi connectivity index (χ1) is 13.7. The Hall–Kier alpha value is -3.48. The summed E-state index contributed by atoms with van der Waals surface area (Å²) in [5, 5.41) is 13.8. The SMILES string of the molecule is COc1ccccc1CCNc1ccc(C(=O)NCc2ccccc2F)nn1. The third kappa shape index (κ3) is 5.03. The molecule has 28 heavy (non-hydrogen) atoms. The Morgan fingerprint density at radius 2 is 1.75 bits per heavy atom. The number of methoxy groups -OCH3 is 1. The Bertz CT molecular complexity index is 932. The average Bonchev–Trinajstić information content (AvgIpc) is 2.74. The maximum atomic E-state index is 13.6. The molecular formula is C21H21FN4O2. The van der Waals surface area contributed by atoms with Crippen molar-refractivity contribution in [2.24, 2.45) is 0 Å². The Kier molecular flexibility index (Phi) is 6.51. The fourth-order valence-electron chi connectivity index (χ4n) is 2.69. The number of nitrogens with zero attached hydrogens (tertiary/aromatic N) is 2. The van der Waals surface area contributed by atoms with Gasteiger partial charge < -0.3 is 15.4 Å². The summed E-state index contributed by atoms with van der Waals surface area (Å²) in [5.74, 6) is 0.651. The van der Waals surface area contributed by atoms with E-state index in [1.165, 1.54) is 6.07 Å². The van der Waals surface area contributed by atoms with Gasteiger partial charge in [-0.25, -0.2) is 4.39 Å². The van der Waals surface area contributed by atoms with Crippen LogP contribution in [-0.2, 0) is 13.0 Å². The summed E-state index contributed by atoms with van der Waals surface area (Å²) in [6.07, 6.45) is 0.760. The first kappa shape index (κ1) is 19.3. The Morgan fingerprint density at radius 1 is 1.00 bits per heavy atom. The molecule has 1 heterocycles. The molecule has 0 unspecified atom stereocenters. The number of aromatic nitrogens is 2. The van der Waals surface area contributed by atoms with Crippen molar-refractivity contribution in [2.45, 2.75) is 13.0 Å². The van der Waals surface area contributed by atoms with Crippen LogP contribution in [0, 0.1) is 5.82 Å². The van der Waals surface area contributed by atoms with Gasteiger partial charge in [-0.05, 0) is 36.2 Å². The van der Waals surface area contributed by atoms with Crippen molar-refractivity contribution in [3.05, 3.63) is 83.3 Å². The molecule has 0 atom stereocenters. The number of anilines is 1. The minimum absolute atomic E-state index is 0.0894. The second-order valence-corrected chi connectivity index (χ2v) is 6.07. The maximum absolute atomic E-state index is 13.6. The van der Waals surface area contributed by atoms with Crippen LogP contribution in [0.4, 0.5) is 10.2 Å². The van der Waals surface area contributed by atoms with E-state index in [0.717, 1.165) is 17.7 Å². The molecule has 0 saturated heterocycles. The lowest BCUT2D eigenvalue weighted by Gasteiger charge is -2.09. The molecule has 0 radical (unpaired) electrons. The van der Waals surface area contributed by atoms with E-state index in [9.17, 15) is 9.18 Å². The average molecular weight is 380 g/mol. The Labute approximate surface area is 162 Å². The fourth-order valence-corrected chi connectivity index (χ4v) is 2.69. The highest BCUT2D eigenvalue weighted by atomic mass is 19.1. The minimum Gasteiger partial charge on any atom is -0.496 e. The molecule has 3 rings (SSSR count). The zero-order valence-corrected chi connectivity index (χ0v) is 15.5. The van der Waals surface area contributed by atoms with Gasteiger partial charge in [-0.3, -0.25) is 4.79 Å². The molecule has 6 nitrogen and oxygen atoms in total. The Morgan fingerprint density at radius 3 is 2.46 bits per heavy atom. The molecule has 7 heteroatoms. The number of hydrogen-bond acceptors (Lipinski definition) is 5.